The van der Waals surface area contributed by atoms with Crippen LogP contribution in [0, 0.1) is 12.7 Å². The van der Waals surface area contributed by atoms with Crippen molar-refractivity contribution in [2.24, 2.45) is 0 Å². The average molecular weight is 258 g/mol. The minimum Gasteiger partial charge on any atom is -0.486 e. The van der Waals surface area contributed by atoms with Gasteiger partial charge in [-0.25, -0.2) is 4.39 Å². The molecule has 0 aliphatic carbocycles. The molecule has 2 nitrogen and oxygen atoms in total. The van der Waals surface area contributed by atoms with Crippen molar-refractivity contribution in [3.8, 4) is 5.75 Å². The van der Waals surface area contributed by atoms with Gasteiger partial charge in [-0.1, -0.05) is 24.3 Å². The first-order chi connectivity index (χ1) is 9.15. The minimum absolute atomic E-state index is 0.0000331. The topological polar surface area (TPSA) is 26.3 Å². The Bertz CT molecular complexity index is 564. The Labute approximate surface area is 111 Å². The van der Waals surface area contributed by atoms with E-state index in [1.165, 1.54) is 12.1 Å². The number of para-hydroxylation sites is 1. The van der Waals surface area contributed by atoms with Gasteiger partial charge >= 0.3 is 0 Å². The largest absolute Gasteiger partial charge is 0.486 e. The zero-order chi connectivity index (χ0) is 13.7. The summed E-state index contributed by atoms with van der Waals surface area (Å²) in [5.74, 6) is 0.266. The number of ether oxygens (including phenoxy) is 1. The van der Waals surface area contributed by atoms with E-state index in [-0.39, 0.29) is 24.6 Å². The summed E-state index contributed by atoms with van der Waals surface area (Å²) in [6, 6.07) is 13.6. The van der Waals surface area contributed by atoms with Gasteiger partial charge in [-0.15, -0.1) is 0 Å². The van der Waals surface area contributed by atoms with Gasteiger partial charge < -0.3 is 4.74 Å². The Morgan fingerprint density at radius 2 is 1.89 bits per heavy atom. The maximum absolute atomic E-state index is 13.1. The monoisotopic (exact) mass is 258 g/mol. The van der Waals surface area contributed by atoms with E-state index in [4.69, 9.17) is 4.74 Å². The molecule has 0 aliphatic heterocycles. The summed E-state index contributed by atoms with van der Waals surface area (Å²) in [5, 5.41) is 0. The van der Waals surface area contributed by atoms with Crippen molar-refractivity contribution >= 4 is 5.78 Å². The number of carbonyl (C=O) groups excluding carboxylic acids is 1. The van der Waals surface area contributed by atoms with E-state index in [0.29, 0.717) is 11.3 Å². The average Bonchev–Trinajstić information content (AvgIpc) is 2.42. The summed E-state index contributed by atoms with van der Waals surface area (Å²) >= 11 is 0. The van der Waals surface area contributed by atoms with Crippen LogP contribution in [0.2, 0.25) is 0 Å². The summed E-state index contributed by atoms with van der Waals surface area (Å²) in [4.78, 5) is 11.8. The summed E-state index contributed by atoms with van der Waals surface area (Å²) in [6.07, 6.45) is 0.191. The minimum atomic E-state index is -0.322. The van der Waals surface area contributed by atoms with E-state index >= 15 is 0 Å². The van der Waals surface area contributed by atoms with E-state index in [0.717, 1.165) is 5.56 Å². The molecule has 0 spiro atoms. The number of carbonyl (C=O) groups is 1. The smallest absolute Gasteiger partial charge is 0.174 e. The van der Waals surface area contributed by atoms with Crippen molar-refractivity contribution < 1.29 is 13.9 Å². The predicted molar refractivity (Wildman–Crippen MR) is 71.8 cm³/mol. The fourth-order valence-electron chi connectivity index (χ4n) is 1.77. The molecule has 2 rings (SSSR count). The first kappa shape index (κ1) is 13.3. The SMILES string of the molecule is Cc1ccc(F)cc1CC(=O)COc1ccccc1. The molecule has 0 saturated carbocycles. The fourth-order valence-corrected chi connectivity index (χ4v) is 1.77. The number of hydrogen-bond acceptors (Lipinski definition) is 2. The van der Waals surface area contributed by atoms with Crippen LogP contribution < -0.4 is 4.74 Å². The van der Waals surface area contributed by atoms with E-state index < -0.39 is 0 Å². The van der Waals surface area contributed by atoms with Crippen LogP contribution in [0.4, 0.5) is 4.39 Å². The Kier molecular flexibility index (Phi) is 4.29. The molecule has 0 radical (unpaired) electrons. The standard InChI is InChI=1S/C16H15FO2/c1-12-7-8-14(17)9-13(12)10-15(18)11-19-16-5-3-2-4-6-16/h2-9H,10-11H2,1H3. The van der Waals surface area contributed by atoms with Crippen LogP contribution in [-0.2, 0) is 11.2 Å². The van der Waals surface area contributed by atoms with Gasteiger partial charge in [0, 0.05) is 6.42 Å². The number of Topliss-reactive ketones (excluding diaryl/α,β-unsaturated/α-hetero) is 1. The van der Waals surface area contributed by atoms with Crippen molar-refractivity contribution in [2.45, 2.75) is 13.3 Å². The molecule has 2 aromatic rings. The van der Waals surface area contributed by atoms with Crippen LogP contribution >= 0.6 is 0 Å². The molecule has 0 amide bonds. The van der Waals surface area contributed by atoms with E-state index in [1.54, 1.807) is 18.2 Å². The molecule has 3 heteroatoms. The molecule has 0 aromatic heterocycles. The highest BCUT2D eigenvalue weighted by Gasteiger charge is 2.08. The van der Waals surface area contributed by atoms with Crippen molar-refractivity contribution in [1.82, 2.24) is 0 Å². The molecule has 0 aliphatic rings. The second-order valence-electron chi connectivity index (χ2n) is 4.39. The number of benzene rings is 2. The third kappa shape index (κ3) is 3.91. The molecule has 0 fully saturated rings. The van der Waals surface area contributed by atoms with Gasteiger partial charge in [0.2, 0.25) is 0 Å². The zero-order valence-corrected chi connectivity index (χ0v) is 10.7. The van der Waals surface area contributed by atoms with E-state index in [1.807, 2.05) is 25.1 Å². The lowest BCUT2D eigenvalue weighted by atomic mass is 10.0. The number of ketones is 1. The van der Waals surface area contributed by atoms with Crippen LogP contribution in [0.3, 0.4) is 0 Å². The van der Waals surface area contributed by atoms with Gasteiger partial charge in [-0.2, -0.15) is 0 Å². The molecular formula is C16H15FO2. The highest BCUT2D eigenvalue weighted by Crippen LogP contribution is 2.12. The van der Waals surface area contributed by atoms with Crippen molar-refractivity contribution in [3.63, 3.8) is 0 Å². The quantitative estimate of drug-likeness (QED) is 0.822. The van der Waals surface area contributed by atoms with Crippen LogP contribution in [0.15, 0.2) is 48.5 Å². The van der Waals surface area contributed by atoms with Gasteiger partial charge in [0.15, 0.2) is 5.78 Å². The lowest BCUT2D eigenvalue weighted by Gasteiger charge is -2.07. The zero-order valence-electron chi connectivity index (χ0n) is 10.7. The normalized spacial score (nSPS) is 10.2. The lowest BCUT2D eigenvalue weighted by molar-refractivity contribution is -0.120. The molecule has 2 aromatic carbocycles. The van der Waals surface area contributed by atoms with Gasteiger partial charge in [-0.3, -0.25) is 4.79 Å². The summed E-state index contributed by atoms with van der Waals surface area (Å²) < 4.78 is 18.5. The van der Waals surface area contributed by atoms with E-state index in [2.05, 4.69) is 0 Å². The highest BCUT2D eigenvalue weighted by atomic mass is 19.1. The third-order valence-corrected chi connectivity index (χ3v) is 2.84. The van der Waals surface area contributed by atoms with Gasteiger partial charge in [-0.05, 0) is 42.3 Å². The Balaban J connectivity index is 1.93. The fraction of sp³-hybridized carbons (Fsp3) is 0.188. The van der Waals surface area contributed by atoms with Crippen LogP contribution in [0.1, 0.15) is 11.1 Å². The molecule has 0 atom stereocenters. The maximum atomic E-state index is 13.1. The number of hydrogen-bond donors (Lipinski definition) is 0. The predicted octanol–water partition coefficient (Wildman–Crippen LogP) is 3.32. The Morgan fingerprint density at radius 1 is 1.16 bits per heavy atom. The third-order valence-electron chi connectivity index (χ3n) is 2.84. The summed E-state index contributed by atoms with van der Waals surface area (Å²) in [5.41, 5.74) is 1.62. The summed E-state index contributed by atoms with van der Waals surface area (Å²) in [6.45, 7) is 1.86. The first-order valence-electron chi connectivity index (χ1n) is 6.10. The van der Waals surface area contributed by atoms with Crippen LogP contribution in [0.25, 0.3) is 0 Å². The molecule has 0 N–H and O–H groups in total. The molecule has 0 saturated heterocycles. The second-order valence-corrected chi connectivity index (χ2v) is 4.39. The molecule has 0 bridgehead atoms. The number of halogens is 1. The van der Waals surface area contributed by atoms with E-state index in [9.17, 15) is 9.18 Å². The molecule has 19 heavy (non-hydrogen) atoms. The first-order valence-corrected chi connectivity index (χ1v) is 6.10. The van der Waals surface area contributed by atoms with Crippen molar-refractivity contribution in [3.05, 3.63) is 65.5 Å². The Morgan fingerprint density at radius 3 is 2.63 bits per heavy atom. The van der Waals surface area contributed by atoms with Gasteiger partial charge in [0.1, 0.15) is 18.2 Å². The van der Waals surface area contributed by atoms with Crippen molar-refractivity contribution in [1.29, 1.82) is 0 Å². The van der Waals surface area contributed by atoms with Gasteiger partial charge in [0.25, 0.3) is 0 Å². The molecule has 0 heterocycles. The maximum Gasteiger partial charge on any atom is 0.174 e. The van der Waals surface area contributed by atoms with Crippen molar-refractivity contribution in [2.75, 3.05) is 6.61 Å². The molecular weight excluding hydrogens is 243 g/mol. The van der Waals surface area contributed by atoms with Crippen LogP contribution in [0.5, 0.6) is 5.75 Å². The number of aryl methyl sites for hydroxylation is 1. The Hall–Kier alpha value is -2.16. The lowest BCUT2D eigenvalue weighted by Crippen LogP contribution is -2.14. The molecule has 98 valence electrons. The molecule has 0 unspecified atom stereocenters. The summed E-state index contributed by atoms with van der Waals surface area (Å²) in [7, 11) is 0. The second kappa shape index (κ2) is 6.14. The van der Waals surface area contributed by atoms with Gasteiger partial charge in [0.05, 0.1) is 0 Å². The highest BCUT2D eigenvalue weighted by molar-refractivity contribution is 5.82. The number of rotatable bonds is 5. The van der Waals surface area contributed by atoms with Crippen LogP contribution in [-0.4, -0.2) is 12.4 Å².